The van der Waals surface area contributed by atoms with Crippen LogP contribution in [-0.2, 0) is 9.59 Å². The van der Waals surface area contributed by atoms with Crippen molar-refractivity contribution < 1.29 is 28.8 Å². The Morgan fingerprint density at radius 2 is 1.45 bits per heavy atom. The highest BCUT2D eigenvalue weighted by atomic mass is 16.6. The predicted octanol–water partition coefficient (Wildman–Crippen LogP) is 6.85. The monoisotopic (exact) mass is 589 g/mol. The van der Waals surface area contributed by atoms with Gasteiger partial charge in [-0.15, -0.1) is 0 Å². The number of ketones is 3. The van der Waals surface area contributed by atoms with Gasteiger partial charge in [0.25, 0.3) is 5.69 Å². The number of hydrogen-bond acceptors (Lipinski definition) is 7. The quantitative estimate of drug-likeness (QED) is 0.0654. The molecule has 4 aromatic rings. The molecule has 1 aliphatic carbocycles. The maximum atomic E-state index is 14.4. The topological polar surface area (TPSA) is 113 Å². The fourth-order valence-corrected chi connectivity index (χ4v) is 6.02. The molecule has 1 aliphatic rings. The predicted molar refractivity (Wildman–Crippen MR) is 166 cm³/mol. The van der Waals surface area contributed by atoms with Gasteiger partial charge in [0.2, 0.25) is 0 Å². The molecular weight excluding hydrogens is 558 g/mol. The Morgan fingerprint density at radius 1 is 0.818 bits per heavy atom. The summed E-state index contributed by atoms with van der Waals surface area (Å²) >= 11 is 0. The summed E-state index contributed by atoms with van der Waals surface area (Å²) in [7, 11) is 3.11. The summed E-state index contributed by atoms with van der Waals surface area (Å²) in [5.41, 5.74) is 2.09. The van der Waals surface area contributed by atoms with E-state index in [2.05, 4.69) is 0 Å². The summed E-state index contributed by atoms with van der Waals surface area (Å²) in [5.74, 6) is -3.39. The first-order valence-electron chi connectivity index (χ1n) is 14.2. The Kier molecular flexibility index (Phi) is 9.09. The van der Waals surface area contributed by atoms with E-state index in [0.29, 0.717) is 22.6 Å². The van der Waals surface area contributed by atoms with Crippen LogP contribution >= 0.6 is 0 Å². The highest BCUT2D eigenvalue weighted by Crippen LogP contribution is 2.50. The normalized spacial score (nSPS) is 19.8. The molecule has 0 amide bonds. The van der Waals surface area contributed by atoms with Crippen molar-refractivity contribution in [3.8, 4) is 11.5 Å². The second-order valence-electron chi connectivity index (χ2n) is 10.7. The fraction of sp³-hybridized carbons (Fsp3) is 0.194. The summed E-state index contributed by atoms with van der Waals surface area (Å²) in [6.07, 6.45) is 2.92. The molecule has 4 atom stereocenters. The van der Waals surface area contributed by atoms with Crippen molar-refractivity contribution in [1.82, 2.24) is 0 Å². The number of carbonyl (C=O) groups excluding carboxylic acids is 3. The molecular formula is C36H31NO7. The highest BCUT2D eigenvalue weighted by Gasteiger charge is 2.51. The van der Waals surface area contributed by atoms with E-state index in [1.54, 1.807) is 93.1 Å². The van der Waals surface area contributed by atoms with E-state index in [1.165, 1.54) is 24.3 Å². The number of nitrogens with zero attached hydrogens (tertiary/aromatic N) is 1. The third-order valence-electron chi connectivity index (χ3n) is 8.18. The molecule has 0 aromatic heterocycles. The van der Waals surface area contributed by atoms with Crippen molar-refractivity contribution in [2.24, 2.45) is 11.8 Å². The van der Waals surface area contributed by atoms with Gasteiger partial charge in [-0.3, -0.25) is 24.5 Å². The van der Waals surface area contributed by atoms with E-state index in [4.69, 9.17) is 9.47 Å². The molecule has 1 fully saturated rings. The number of hydrogen-bond donors (Lipinski definition) is 0. The lowest BCUT2D eigenvalue weighted by atomic mass is 9.59. The lowest BCUT2D eigenvalue weighted by molar-refractivity contribution is -0.384. The van der Waals surface area contributed by atoms with Crippen LogP contribution in [0.3, 0.4) is 0 Å². The molecule has 8 heteroatoms. The minimum absolute atomic E-state index is 0.0478. The first kappa shape index (κ1) is 30.1. The fourth-order valence-electron chi connectivity index (χ4n) is 6.02. The summed E-state index contributed by atoms with van der Waals surface area (Å²) in [4.78, 5) is 53.6. The molecule has 0 heterocycles. The number of rotatable bonds is 10. The Morgan fingerprint density at radius 3 is 2.07 bits per heavy atom. The van der Waals surface area contributed by atoms with E-state index < -0.39 is 34.4 Å². The van der Waals surface area contributed by atoms with Crippen LogP contribution in [0.2, 0.25) is 0 Å². The third kappa shape index (κ3) is 6.34. The van der Waals surface area contributed by atoms with Gasteiger partial charge in [0.05, 0.1) is 25.1 Å². The summed E-state index contributed by atoms with van der Waals surface area (Å²) in [5, 5.41) is 11.8. The minimum atomic E-state index is -1.22. The first-order chi connectivity index (χ1) is 21.3. The van der Waals surface area contributed by atoms with E-state index >= 15 is 0 Å². The lowest BCUT2D eigenvalue weighted by Crippen LogP contribution is -2.44. The van der Waals surface area contributed by atoms with Crippen molar-refractivity contribution in [3.63, 3.8) is 0 Å². The van der Waals surface area contributed by atoms with Crippen LogP contribution in [0, 0.1) is 22.0 Å². The number of Topliss-reactive ketones (excluding diaryl/α,β-unsaturated/α-hetero) is 2. The lowest BCUT2D eigenvalue weighted by Gasteiger charge is -2.41. The maximum Gasteiger partial charge on any atom is 0.269 e. The van der Waals surface area contributed by atoms with E-state index in [0.717, 1.165) is 11.1 Å². The molecule has 222 valence electrons. The SMILES string of the molecule is COc1ccc(/C=C/C(=O)C2C(=O)C[C@H](c3ccc(OC)cc3)[C@H](C(=O)c3ccccc3)[C@H]2c2cccc([N+](=O)[O-])c2)cc1. The number of non-ortho nitro benzene ring substituents is 1. The van der Waals surface area contributed by atoms with Crippen molar-refractivity contribution >= 4 is 29.1 Å². The Hall–Kier alpha value is -5.37. The molecule has 0 spiro atoms. The zero-order chi connectivity index (χ0) is 31.2. The molecule has 5 rings (SSSR count). The van der Waals surface area contributed by atoms with Crippen molar-refractivity contribution in [1.29, 1.82) is 0 Å². The van der Waals surface area contributed by atoms with Crippen LogP contribution < -0.4 is 9.47 Å². The largest absolute Gasteiger partial charge is 0.497 e. The molecule has 1 unspecified atom stereocenters. The molecule has 44 heavy (non-hydrogen) atoms. The zero-order valence-corrected chi connectivity index (χ0v) is 24.3. The third-order valence-corrected chi connectivity index (χ3v) is 8.18. The van der Waals surface area contributed by atoms with Crippen molar-refractivity contribution in [3.05, 3.63) is 142 Å². The van der Waals surface area contributed by atoms with Crippen LogP contribution in [0.4, 0.5) is 5.69 Å². The Bertz CT molecular complexity index is 1690. The average Bonchev–Trinajstić information content (AvgIpc) is 3.07. The van der Waals surface area contributed by atoms with E-state index in [1.807, 2.05) is 12.1 Å². The van der Waals surface area contributed by atoms with Gasteiger partial charge in [-0.2, -0.15) is 0 Å². The molecule has 0 radical (unpaired) electrons. The molecule has 1 saturated carbocycles. The number of carbonyl (C=O) groups is 3. The first-order valence-corrected chi connectivity index (χ1v) is 14.2. The van der Waals surface area contributed by atoms with Gasteiger partial charge in [-0.1, -0.05) is 72.8 Å². The number of ether oxygens (including phenoxy) is 2. The van der Waals surface area contributed by atoms with Crippen molar-refractivity contribution in [2.45, 2.75) is 18.3 Å². The van der Waals surface area contributed by atoms with Crippen LogP contribution in [0.1, 0.15) is 45.3 Å². The Balaban J connectivity index is 1.65. The highest BCUT2D eigenvalue weighted by molar-refractivity contribution is 6.12. The second-order valence-corrected chi connectivity index (χ2v) is 10.7. The van der Waals surface area contributed by atoms with Crippen LogP contribution in [0.15, 0.2) is 109 Å². The van der Waals surface area contributed by atoms with Gasteiger partial charge < -0.3 is 9.47 Å². The van der Waals surface area contributed by atoms with E-state index in [-0.39, 0.29) is 23.7 Å². The van der Waals surface area contributed by atoms with Gasteiger partial charge in [0, 0.05) is 41.9 Å². The maximum absolute atomic E-state index is 14.4. The second kappa shape index (κ2) is 13.3. The van der Waals surface area contributed by atoms with Crippen LogP contribution in [-0.4, -0.2) is 36.5 Å². The van der Waals surface area contributed by atoms with Gasteiger partial charge >= 0.3 is 0 Å². The molecule has 0 aliphatic heterocycles. The molecule has 8 nitrogen and oxygen atoms in total. The molecule has 0 saturated heterocycles. The summed E-state index contributed by atoms with van der Waals surface area (Å²) in [6, 6.07) is 28.9. The Labute approximate surface area is 255 Å². The minimum Gasteiger partial charge on any atom is -0.497 e. The average molecular weight is 590 g/mol. The van der Waals surface area contributed by atoms with Crippen LogP contribution in [0.25, 0.3) is 6.08 Å². The van der Waals surface area contributed by atoms with E-state index in [9.17, 15) is 24.5 Å². The summed E-state index contributed by atoms with van der Waals surface area (Å²) < 4.78 is 10.5. The number of allylic oxidation sites excluding steroid dienone is 1. The van der Waals surface area contributed by atoms with Gasteiger partial charge in [-0.05, 0) is 47.0 Å². The van der Waals surface area contributed by atoms with Crippen LogP contribution in [0.5, 0.6) is 11.5 Å². The smallest absolute Gasteiger partial charge is 0.269 e. The zero-order valence-electron chi connectivity index (χ0n) is 24.3. The number of nitro groups is 1. The molecule has 0 N–H and O–H groups in total. The summed E-state index contributed by atoms with van der Waals surface area (Å²) in [6.45, 7) is 0. The van der Waals surface area contributed by atoms with Gasteiger partial charge in [0.1, 0.15) is 17.3 Å². The standard InChI is InChI=1S/C36H31NO7/c1-43-28-16-11-23(12-17-28)13-20-31(38)35-32(39)22-30(24-14-18-29(44-2)19-15-24)34(36(40)25-7-4-3-5-8-25)33(35)26-9-6-10-27(21-26)37(41)42/h3-21,30,33-35H,22H2,1-2H3/b20-13+/t30-,33-,34+,35?/m1/s1. The number of benzene rings is 4. The molecule has 4 aromatic carbocycles. The number of nitro benzene ring substituents is 1. The molecule has 0 bridgehead atoms. The van der Waals surface area contributed by atoms with Gasteiger partial charge in [-0.25, -0.2) is 0 Å². The van der Waals surface area contributed by atoms with Gasteiger partial charge in [0.15, 0.2) is 11.6 Å². The number of methoxy groups -OCH3 is 2. The van der Waals surface area contributed by atoms with Crippen molar-refractivity contribution in [2.75, 3.05) is 14.2 Å².